The van der Waals surface area contributed by atoms with Crippen LogP contribution in [0.2, 0.25) is 0 Å². The maximum absolute atomic E-state index is 2.53. The second kappa shape index (κ2) is 7.47. The van der Waals surface area contributed by atoms with E-state index in [1.165, 1.54) is 51.6 Å². The molecule has 0 saturated heterocycles. The van der Waals surface area contributed by atoms with Crippen molar-refractivity contribution in [2.24, 2.45) is 23.7 Å². The maximum Gasteiger partial charge on any atom is 0.0163 e. The van der Waals surface area contributed by atoms with Crippen LogP contribution in [0.3, 0.4) is 0 Å². The van der Waals surface area contributed by atoms with E-state index in [1.807, 2.05) is 0 Å². The Bertz CT molecular complexity index is 279. The van der Waals surface area contributed by atoms with Gasteiger partial charge in [0, 0.05) is 6.54 Å². The van der Waals surface area contributed by atoms with E-state index in [4.69, 9.17) is 0 Å². The SMILES string of the molecule is CCN(CC)C/C=C/C1CCC2CC(C)CCC2C1. The molecule has 2 aliphatic carbocycles. The molecule has 2 aliphatic rings. The third-order valence-electron chi connectivity index (χ3n) is 5.58. The van der Waals surface area contributed by atoms with Crippen LogP contribution in [-0.4, -0.2) is 24.5 Å². The van der Waals surface area contributed by atoms with Gasteiger partial charge in [0.25, 0.3) is 0 Å². The molecule has 0 N–H and O–H groups in total. The zero-order chi connectivity index (χ0) is 13.7. The predicted molar refractivity (Wildman–Crippen MR) is 84.3 cm³/mol. The van der Waals surface area contributed by atoms with Gasteiger partial charge in [-0.25, -0.2) is 0 Å². The lowest BCUT2D eigenvalue weighted by Crippen LogP contribution is -2.30. The normalized spacial score (nSPS) is 35.8. The highest BCUT2D eigenvalue weighted by Crippen LogP contribution is 2.44. The van der Waals surface area contributed by atoms with Crippen molar-refractivity contribution in [3.05, 3.63) is 12.2 Å². The van der Waals surface area contributed by atoms with Crippen LogP contribution in [0.25, 0.3) is 0 Å². The lowest BCUT2D eigenvalue weighted by atomic mass is 9.65. The first-order valence-corrected chi connectivity index (χ1v) is 8.61. The van der Waals surface area contributed by atoms with E-state index in [-0.39, 0.29) is 0 Å². The molecule has 0 bridgehead atoms. The summed E-state index contributed by atoms with van der Waals surface area (Å²) < 4.78 is 0. The molecular formula is C18H33N. The fraction of sp³-hybridized carbons (Fsp3) is 0.889. The van der Waals surface area contributed by atoms with Gasteiger partial charge in [-0.3, -0.25) is 0 Å². The summed E-state index contributed by atoms with van der Waals surface area (Å²) in [5.41, 5.74) is 0. The largest absolute Gasteiger partial charge is 0.300 e. The van der Waals surface area contributed by atoms with E-state index in [0.29, 0.717) is 0 Å². The molecule has 1 heteroatoms. The van der Waals surface area contributed by atoms with Crippen LogP contribution in [0, 0.1) is 23.7 Å². The molecule has 4 atom stereocenters. The topological polar surface area (TPSA) is 3.24 Å². The molecule has 19 heavy (non-hydrogen) atoms. The summed E-state index contributed by atoms with van der Waals surface area (Å²) in [5, 5.41) is 0. The number of allylic oxidation sites excluding steroid dienone is 1. The number of fused-ring (bicyclic) bond motifs is 1. The molecule has 0 radical (unpaired) electrons. The Balaban J connectivity index is 1.76. The zero-order valence-electron chi connectivity index (χ0n) is 13.3. The Morgan fingerprint density at radius 1 is 0.947 bits per heavy atom. The summed E-state index contributed by atoms with van der Waals surface area (Å²) in [4.78, 5) is 2.49. The standard InChI is InChI=1S/C18H33N/c1-4-19(5-2)12-6-7-16-9-11-17-13-15(3)8-10-18(17)14-16/h6-7,15-18H,4-5,8-14H2,1-3H3/b7-6+. The highest BCUT2D eigenvalue weighted by Gasteiger charge is 2.33. The molecule has 0 heterocycles. The third-order valence-corrected chi connectivity index (χ3v) is 5.58. The van der Waals surface area contributed by atoms with Gasteiger partial charge < -0.3 is 4.90 Å². The van der Waals surface area contributed by atoms with Crippen molar-refractivity contribution in [2.75, 3.05) is 19.6 Å². The van der Waals surface area contributed by atoms with E-state index in [2.05, 4.69) is 37.8 Å². The second-order valence-corrected chi connectivity index (χ2v) is 6.93. The van der Waals surface area contributed by atoms with Gasteiger partial charge in [0.2, 0.25) is 0 Å². The number of nitrogens with zero attached hydrogens (tertiary/aromatic N) is 1. The van der Waals surface area contributed by atoms with Crippen molar-refractivity contribution >= 4 is 0 Å². The van der Waals surface area contributed by atoms with Gasteiger partial charge in [-0.1, -0.05) is 39.3 Å². The van der Waals surface area contributed by atoms with Gasteiger partial charge in [-0.05, 0) is 68.9 Å². The van der Waals surface area contributed by atoms with Crippen molar-refractivity contribution < 1.29 is 0 Å². The molecular weight excluding hydrogens is 230 g/mol. The molecule has 0 aromatic carbocycles. The molecule has 2 saturated carbocycles. The lowest BCUT2D eigenvalue weighted by molar-refractivity contribution is 0.117. The second-order valence-electron chi connectivity index (χ2n) is 6.93. The Kier molecular flexibility index (Phi) is 5.94. The lowest BCUT2D eigenvalue weighted by Gasteiger charge is -2.40. The molecule has 0 aliphatic heterocycles. The number of hydrogen-bond donors (Lipinski definition) is 0. The van der Waals surface area contributed by atoms with Gasteiger partial charge in [-0.15, -0.1) is 0 Å². The average Bonchev–Trinajstić information content (AvgIpc) is 2.43. The van der Waals surface area contributed by atoms with Crippen molar-refractivity contribution in [3.8, 4) is 0 Å². The molecule has 0 aromatic heterocycles. The summed E-state index contributed by atoms with van der Waals surface area (Å²) >= 11 is 0. The smallest absolute Gasteiger partial charge is 0.0163 e. The number of likely N-dealkylation sites (N-methyl/N-ethyl adjacent to an activating group) is 1. The summed E-state index contributed by atoms with van der Waals surface area (Å²) in [6.07, 6.45) is 13.9. The van der Waals surface area contributed by atoms with Crippen LogP contribution < -0.4 is 0 Å². The first-order valence-electron chi connectivity index (χ1n) is 8.61. The molecule has 2 fully saturated rings. The minimum atomic E-state index is 0.880. The van der Waals surface area contributed by atoms with Crippen LogP contribution in [0.1, 0.15) is 59.3 Å². The Hall–Kier alpha value is -0.300. The number of rotatable bonds is 5. The quantitative estimate of drug-likeness (QED) is 0.648. The zero-order valence-corrected chi connectivity index (χ0v) is 13.3. The molecule has 0 aromatic rings. The summed E-state index contributed by atoms with van der Waals surface area (Å²) in [6.45, 7) is 10.5. The fourth-order valence-corrected chi connectivity index (χ4v) is 4.22. The van der Waals surface area contributed by atoms with Gasteiger partial charge in [0.05, 0.1) is 0 Å². The van der Waals surface area contributed by atoms with E-state index in [9.17, 15) is 0 Å². The van der Waals surface area contributed by atoms with E-state index < -0.39 is 0 Å². The first-order chi connectivity index (χ1) is 9.22. The molecule has 110 valence electrons. The van der Waals surface area contributed by atoms with Gasteiger partial charge >= 0.3 is 0 Å². The average molecular weight is 263 g/mol. The van der Waals surface area contributed by atoms with E-state index >= 15 is 0 Å². The minimum absolute atomic E-state index is 0.880. The molecule has 0 amide bonds. The summed E-state index contributed by atoms with van der Waals surface area (Å²) in [6, 6.07) is 0. The third kappa shape index (κ3) is 4.34. The molecule has 2 rings (SSSR count). The van der Waals surface area contributed by atoms with E-state index in [1.54, 1.807) is 0 Å². The Morgan fingerprint density at radius 2 is 1.63 bits per heavy atom. The van der Waals surface area contributed by atoms with E-state index in [0.717, 1.165) is 30.2 Å². The maximum atomic E-state index is 2.53. The monoisotopic (exact) mass is 263 g/mol. The highest BCUT2D eigenvalue weighted by atomic mass is 15.1. The van der Waals surface area contributed by atoms with Crippen LogP contribution in [0.5, 0.6) is 0 Å². The van der Waals surface area contributed by atoms with Crippen LogP contribution in [0.4, 0.5) is 0 Å². The van der Waals surface area contributed by atoms with Crippen molar-refractivity contribution in [2.45, 2.75) is 59.3 Å². The molecule has 1 nitrogen and oxygen atoms in total. The molecule has 4 unspecified atom stereocenters. The van der Waals surface area contributed by atoms with Crippen LogP contribution >= 0.6 is 0 Å². The predicted octanol–water partition coefficient (Wildman–Crippen LogP) is 4.74. The minimum Gasteiger partial charge on any atom is -0.300 e. The fourth-order valence-electron chi connectivity index (χ4n) is 4.22. The highest BCUT2D eigenvalue weighted by molar-refractivity contribution is 4.96. The number of hydrogen-bond acceptors (Lipinski definition) is 1. The first kappa shape index (κ1) is 15.1. The van der Waals surface area contributed by atoms with Gasteiger partial charge in [0.1, 0.15) is 0 Å². The summed E-state index contributed by atoms with van der Waals surface area (Å²) in [7, 11) is 0. The van der Waals surface area contributed by atoms with Crippen molar-refractivity contribution in [1.82, 2.24) is 4.90 Å². The molecule has 0 spiro atoms. The van der Waals surface area contributed by atoms with Crippen LogP contribution in [0.15, 0.2) is 12.2 Å². The summed E-state index contributed by atoms with van der Waals surface area (Å²) in [5.74, 6) is 3.99. The van der Waals surface area contributed by atoms with Gasteiger partial charge in [0.15, 0.2) is 0 Å². The Labute approximate surface area is 120 Å². The van der Waals surface area contributed by atoms with Crippen molar-refractivity contribution in [3.63, 3.8) is 0 Å². The van der Waals surface area contributed by atoms with Crippen LogP contribution in [-0.2, 0) is 0 Å². The Morgan fingerprint density at radius 3 is 2.37 bits per heavy atom. The van der Waals surface area contributed by atoms with Gasteiger partial charge in [-0.2, -0.15) is 0 Å². The van der Waals surface area contributed by atoms with Crippen molar-refractivity contribution in [1.29, 1.82) is 0 Å².